The number of carbonyl (C=O) groups is 1. The molecule has 6 rings (SSSR count). The number of aromatic nitrogens is 4. The molecule has 0 saturated carbocycles. The van der Waals surface area contributed by atoms with Gasteiger partial charge in [0.15, 0.2) is 0 Å². The zero-order chi connectivity index (χ0) is 35.3. The maximum atomic E-state index is 14.8. The number of nitrogens with one attached hydrogen (secondary N) is 1. The second kappa shape index (κ2) is 12.7. The van der Waals surface area contributed by atoms with E-state index in [1.165, 1.54) is 35.1 Å². The number of hydrogen-bond acceptors (Lipinski definition) is 8. The number of benzene rings is 2. The number of aryl methyl sites for hydroxylation is 1. The van der Waals surface area contributed by atoms with Crippen LogP contribution in [0.3, 0.4) is 0 Å². The van der Waals surface area contributed by atoms with Gasteiger partial charge in [-0.2, -0.15) is 41.4 Å². The molecule has 49 heavy (non-hydrogen) atoms. The number of piperidine rings is 1. The Kier molecular flexibility index (Phi) is 8.90. The summed E-state index contributed by atoms with van der Waals surface area (Å²) in [6.45, 7) is 3.08. The Morgan fingerprint density at radius 2 is 1.80 bits per heavy atom. The summed E-state index contributed by atoms with van der Waals surface area (Å²) in [5.41, 5.74) is 4.87. The summed E-state index contributed by atoms with van der Waals surface area (Å²) in [7, 11) is 0. The second-order valence-electron chi connectivity index (χ2n) is 12.3. The smallest absolute Gasteiger partial charge is 0.429 e. The molecule has 4 heterocycles. The summed E-state index contributed by atoms with van der Waals surface area (Å²) >= 11 is 5.99. The Hall–Kier alpha value is -4.57. The predicted molar refractivity (Wildman–Crippen MR) is 168 cm³/mol. The summed E-state index contributed by atoms with van der Waals surface area (Å²) in [4.78, 5) is 21.4. The van der Waals surface area contributed by atoms with E-state index in [1.54, 1.807) is 13.0 Å². The molecule has 10 nitrogen and oxygen atoms in total. The van der Waals surface area contributed by atoms with Crippen molar-refractivity contribution >= 4 is 29.3 Å². The van der Waals surface area contributed by atoms with Gasteiger partial charge in [0.1, 0.15) is 11.9 Å². The van der Waals surface area contributed by atoms with Crippen molar-refractivity contribution < 1.29 is 41.0 Å². The van der Waals surface area contributed by atoms with E-state index in [-0.39, 0.29) is 39.0 Å². The van der Waals surface area contributed by atoms with Gasteiger partial charge in [-0.3, -0.25) is 4.79 Å². The molecule has 2 saturated heterocycles. The highest BCUT2D eigenvalue weighted by Crippen LogP contribution is 2.43. The van der Waals surface area contributed by atoms with E-state index in [4.69, 9.17) is 22.1 Å². The number of hydrogen-bond donors (Lipinski definition) is 3. The Labute approximate surface area is 280 Å². The van der Waals surface area contributed by atoms with Crippen molar-refractivity contribution in [3.05, 3.63) is 76.6 Å². The first-order valence-electron chi connectivity index (χ1n) is 15.1. The van der Waals surface area contributed by atoms with Crippen molar-refractivity contribution in [3.8, 4) is 22.7 Å². The number of anilines is 2. The molecule has 0 amide bonds. The van der Waals surface area contributed by atoms with Gasteiger partial charge >= 0.3 is 18.3 Å². The number of nitrogens with zero attached hydrogens (tertiary/aromatic N) is 5. The average Bonchev–Trinajstić information content (AvgIpc) is 3.65. The number of alkyl halides is 6. The molecule has 4 aromatic rings. The highest BCUT2D eigenvalue weighted by atomic mass is 35.5. The monoisotopic (exact) mass is 709 g/mol. The van der Waals surface area contributed by atoms with Crippen LogP contribution in [-0.4, -0.2) is 62.7 Å². The van der Waals surface area contributed by atoms with Gasteiger partial charge in [0.25, 0.3) is 0 Å². The molecule has 2 aromatic carbocycles. The predicted octanol–water partition coefficient (Wildman–Crippen LogP) is 6.61. The van der Waals surface area contributed by atoms with Crippen molar-refractivity contribution in [2.24, 2.45) is 5.41 Å². The number of nitrogens with two attached hydrogens (primary N) is 1. The van der Waals surface area contributed by atoms with Crippen molar-refractivity contribution in [2.45, 2.75) is 50.7 Å². The molecule has 2 aliphatic rings. The van der Waals surface area contributed by atoms with Gasteiger partial charge in [0.05, 0.1) is 16.9 Å². The van der Waals surface area contributed by atoms with E-state index in [0.717, 1.165) is 18.2 Å². The summed E-state index contributed by atoms with van der Waals surface area (Å²) in [5.74, 6) is -1.43. The van der Waals surface area contributed by atoms with Crippen LogP contribution in [0.2, 0.25) is 5.02 Å². The highest BCUT2D eigenvalue weighted by Gasteiger charge is 2.46. The van der Waals surface area contributed by atoms with E-state index in [0.29, 0.717) is 44.6 Å². The SMILES string of the molecule is Cc1ccn(-c2cc(-c3cc(Cl)cc(C(F)(F)F)c3)ccc2[C@@H](Oc2cc(N3CCC4(CC3)CNC(C(=O)O)C4)nc(N)n2)C(F)(F)F)n1. The fraction of sp³-hybridized carbons (Fsp3) is 0.375. The lowest BCUT2D eigenvalue weighted by Crippen LogP contribution is -2.41. The molecule has 1 spiro atoms. The molecular formula is C32H30ClF6N7O3. The van der Waals surface area contributed by atoms with Gasteiger partial charge < -0.3 is 25.8 Å². The van der Waals surface area contributed by atoms with Crippen LogP contribution in [0.5, 0.6) is 5.88 Å². The summed E-state index contributed by atoms with van der Waals surface area (Å²) in [6.07, 6.45) is -9.15. The van der Waals surface area contributed by atoms with Crippen LogP contribution in [0.1, 0.15) is 42.2 Å². The largest absolute Gasteiger partial charge is 0.480 e. The number of nitrogen functional groups attached to an aromatic ring is 1. The lowest BCUT2D eigenvalue weighted by atomic mass is 9.76. The molecule has 2 aliphatic heterocycles. The molecule has 0 bridgehead atoms. The van der Waals surface area contributed by atoms with Gasteiger partial charge in [-0.15, -0.1) is 0 Å². The van der Waals surface area contributed by atoms with E-state index >= 15 is 0 Å². The quantitative estimate of drug-likeness (QED) is 0.182. The van der Waals surface area contributed by atoms with Crippen molar-refractivity contribution in [3.63, 3.8) is 0 Å². The minimum absolute atomic E-state index is 0.0318. The highest BCUT2D eigenvalue weighted by molar-refractivity contribution is 6.31. The molecular weight excluding hydrogens is 680 g/mol. The Morgan fingerprint density at radius 1 is 1.06 bits per heavy atom. The summed E-state index contributed by atoms with van der Waals surface area (Å²) in [6, 6.07) is 8.74. The van der Waals surface area contributed by atoms with Crippen molar-refractivity contribution in [2.75, 3.05) is 30.3 Å². The normalized spacial score (nSPS) is 18.5. The van der Waals surface area contributed by atoms with Crippen LogP contribution in [0.4, 0.5) is 38.1 Å². The van der Waals surface area contributed by atoms with Crippen molar-refractivity contribution in [1.29, 1.82) is 0 Å². The first kappa shape index (κ1) is 34.3. The minimum atomic E-state index is -4.99. The van der Waals surface area contributed by atoms with Gasteiger partial charge in [-0.05, 0) is 73.1 Å². The fourth-order valence-corrected chi connectivity index (χ4v) is 6.61. The summed E-state index contributed by atoms with van der Waals surface area (Å²) < 4.78 is 91.9. The zero-order valence-corrected chi connectivity index (χ0v) is 26.6. The van der Waals surface area contributed by atoms with Crippen LogP contribution in [-0.2, 0) is 11.0 Å². The van der Waals surface area contributed by atoms with E-state index in [2.05, 4.69) is 20.4 Å². The fourth-order valence-electron chi connectivity index (χ4n) is 6.38. The number of ether oxygens (including phenoxy) is 1. The van der Waals surface area contributed by atoms with Crippen LogP contribution < -0.4 is 20.7 Å². The van der Waals surface area contributed by atoms with Crippen LogP contribution in [0.15, 0.2) is 54.7 Å². The number of halogens is 7. The lowest BCUT2D eigenvalue weighted by Gasteiger charge is -2.39. The molecule has 17 heteroatoms. The molecule has 4 N–H and O–H groups in total. The third-order valence-corrected chi connectivity index (χ3v) is 9.11. The first-order valence-corrected chi connectivity index (χ1v) is 15.5. The molecule has 0 radical (unpaired) electrons. The number of rotatable bonds is 7. The van der Waals surface area contributed by atoms with Gasteiger partial charge in [-0.1, -0.05) is 23.7 Å². The van der Waals surface area contributed by atoms with E-state index in [1.807, 2.05) is 4.90 Å². The zero-order valence-electron chi connectivity index (χ0n) is 25.8. The Bertz CT molecular complexity index is 1870. The second-order valence-corrected chi connectivity index (χ2v) is 12.8. The topological polar surface area (TPSA) is 131 Å². The third kappa shape index (κ3) is 7.39. The number of carboxylic acid groups (broad SMARTS) is 1. The molecule has 0 aliphatic carbocycles. The third-order valence-electron chi connectivity index (χ3n) is 8.89. The van der Waals surface area contributed by atoms with Crippen molar-refractivity contribution in [1.82, 2.24) is 25.1 Å². The molecule has 260 valence electrons. The summed E-state index contributed by atoms with van der Waals surface area (Å²) in [5, 5.41) is 16.5. The number of carboxylic acids is 1. The van der Waals surface area contributed by atoms with Crippen LogP contribution >= 0.6 is 11.6 Å². The lowest BCUT2D eigenvalue weighted by molar-refractivity contribution is -0.198. The molecule has 2 atom stereocenters. The average molecular weight is 710 g/mol. The maximum Gasteiger partial charge on any atom is 0.429 e. The molecule has 2 fully saturated rings. The minimum Gasteiger partial charge on any atom is -0.480 e. The van der Waals surface area contributed by atoms with E-state index < -0.39 is 47.5 Å². The van der Waals surface area contributed by atoms with Crippen LogP contribution in [0, 0.1) is 12.3 Å². The van der Waals surface area contributed by atoms with Gasteiger partial charge in [0.2, 0.25) is 17.9 Å². The van der Waals surface area contributed by atoms with Crippen LogP contribution in [0.25, 0.3) is 16.8 Å². The Morgan fingerprint density at radius 3 is 2.41 bits per heavy atom. The standard InChI is InChI=1S/C32H30ClF6N7O3/c1-17-4-7-46(44-17)24-12-18(19-10-20(31(34,35)36)13-21(33)11-19)2-3-22(24)27(32(37,38)39)49-26-14-25(42-29(40)43-26)45-8-5-30(6-9-45)15-23(28(47)48)41-16-30/h2-4,7,10-14,23,27,41H,5-6,8-9,15-16H2,1H3,(H,47,48)(H2,40,42,43)/t23?,27-/m1/s1. The van der Waals surface area contributed by atoms with Gasteiger partial charge in [0, 0.05) is 42.5 Å². The van der Waals surface area contributed by atoms with Gasteiger partial charge in [-0.25, -0.2) is 4.68 Å². The first-order chi connectivity index (χ1) is 23.0. The maximum absolute atomic E-state index is 14.8. The number of aliphatic carboxylic acids is 1. The Balaban J connectivity index is 1.33. The van der Waals surface area contributed by atoms with E-state index in [9.17, 15) is 36.2 Å². The molecule has 2 aromatic heterocycles. The molecule has 1 unspecified atom stereocenters.